The van der Waals surface area contributed by atoms with Crippen molar-refractivity contribution < 1.29 is 18.7 Å². The predicted molar refractivity (Wildman–Crippen MR) is 137 cm³/mol. The maximum Gasteiger partial charge on any atom is 0.340 e. The number of thioether (sulfide) groups is 1. The zero-order valence-electron chi connectivity index (χ0n) is 19.9. The van der Waals surface area contributed by atoms with Gasteiger partial charge >= 0.3 is 5.97 Å². The van der Waals surface area contributed by atoms with E-state index in [9.17, 15) is 14.4 Å². The molecule has 1 amide bonds. The minimum absolute atomic E-state index is 0.00652. The van der Waals surface area contributed by atoms with Gasteiger partial charge in [-0.05, 0) is 43.5 Å². The molecule has 0 bridgehead atoms. The number of rotatable bonds is 9. The third-order valence-electron chi connectivity index (χ3n) is 5.41. The number of para-hydroxylation sites is 2. The van der Waals surface area contributed by atoms with E-state index in [4.69, 9.17) is 14.1 Å². The van der Waals surface area contributed by atoms with E-state index in [0.29, 0.717) is 34.4 Å². The van der Waals surface area contributed by atoms with Crippen LogP contribution in [0.15, 0.2) is 62.9 Å². The van der Waals surface area contributed by atoms with Gasteiger partial charge in [-0.15, -0.1) is 0 Å². The van der Waals surface area contributed by atoms with Crippen LogP contribution in [-0.4, -0.2) is 33.8 Å². The van der Waals surface area contributed by atoms with Crippen LogP contribution in [0.4, 0.5) is 5.69 Å². The number of aromatic nitrogens is 2. The summed E-state index contributed by atoms with van der Waals surface area (Å²) in [4.78, 5) is 43.0. The van der Waals surface area contributed by atoms with Crippen LogP contribution in [0.2, 0.25) is 0 Å². The van der Waals surface area contributed by atoms with Gasteiger partial charge in [0.2, 0.25) is 11.5 Å². The van der Waals surface area contributed by atoms with E-state index in [1.807, 2.05) is 18.2 Å². The van der Waals surface area contributed by atoms with Crippen molar-refractivity contribution in [3.05, 3.63) is 64.4 Å². The predicted octanol–water partition coefficient (Wildman–Crippen LogP) is 5.10. The molecule has 1 N–H and O–H groups in total. The smallest absolute Gasteiger partial charge is 0.340 e. The van der Waals surface area contributed by atoms with Crippen LogP contribution in [0.1, 0.15) is 37.6 Å². The van der Waals surface area contributed by atoms with E-state index < -0.39 is 5.97 Å². The van der Waals surface area contributed by atoms with Crippen molar-refractivity contribution >= 4 is 51.4 Å². The van der Waals surface area contributed by atoms with E-state index in [1.54, 1.807) is 41.8 Å². The molecule has 2 heterocycles. The van der Waals surface area contributed by atoms with Crippen LogP contribution < -0.4 is 10.9 Å². The zero-order chi connectivity index (χ0) is 24.9. The molecule has 0 aliphatic heterocycles. The first-order valence-corrected chi connectivity index (χ1v) is 12.5. The van der Waals surface area contributed by atoms with Crippen molar-refractivity contribution in [3.8, 4) is 0 Å². The molecule has 0 aliphatic rings. The molecule has 182 valence electrons. The molecule has 0 unspecified atom stereocenters. The topological polar surface area (TPSA) is 103 Å². The fraction of sp³-hybridized carbons (Fsp3) is 0.308. The van der Waals surface area contributed by atoms with Gasteiger partial charge in [-0.1, -0.05) is 49.9 Å². The van der Waals surface area contributed by atoms with Crippen LogP contribution in [0.25, 0.3) is 22.1 Å². The highest BCUT2D eigenvalue weighted by Gasteiger charge is 2.19. The Kier molecular flexibility index (Phi) is 7.55. The summed E-state index contributed by atoms with van der Waals surface area (Å²) in [6.07, 6.45) is 0.778. The summed E-state index contributed by atoms with van der Waals surface area (Å²) < 4.78 is 12.5. The van der Waals surface area contributed by atoms with Crippen molar-refractivity contribution in [2.75, 3.05) is 17.7 Å². The Morgan fingerprint density at radius 1 is 1.14 bits per heavy atom. The highest BCUT2D eigenvalue weighted by Crippen LogP contribution is 2.27. The summed E-state index contributed by atoms with van der Waals surface area (Å²) in [5.41, 5.74) is 1.69. The Balaban J connectivity index is 1.61. The summed E-state index contributed by atoms with van der Waals surface area (Å²) in [7, 11) is 0. The molecule has 0 aliphatic carbocycles. The Bertz CT molecular complexity index is 1440. The van der Waals surface area contributed by atoms with Gasteiger partial charge in [0.25, 0.3) is 5.56 Å². The average molecular weight is 494 g/mol. The summed E-state index contributed by atoms with van der Waals surface area (Å²) >= 11 is 1.17. The Hall–Kier alpha value is -3.59. The second-order valence-corrected chi connectivity index (χ2v) is 9.36. The average Bonchev–Trinajstić information content (AvgIpc) is 3.21. The monoisotopic (exact) mass is 493 g/mol. The third-order valence-corrected chi connectivity index (χ3v) is 6.38. The maximum atomic E-state index is 13.3. The van der Waals surface area contributed by atoms with E-state index in [0.717, 1.165) is 11.8 Å². The molecule has 2 aromatic carbocycles. The molecule has 4 rings (SSSR count). The number of benzene rings is 2. The minimum atomic E-state index is -0.502. The molecule has 0 radical (unpaired) electrons. The van der Waals surface area contributed by atoms with Crippen LogP contribution in [0.3, 0.4) is 0 Å². The van der Waals surface area contributed by atoms with Crippen molar-refractivity contribution in [1.29, 1.82) is 0 Å². The van der Waals surface area contributed by atoms with Crippen molar-refractivity contribution in [3.63, 3.8) is 0 Å². The van der Waals surface area contributed by atoms with Gasteiger partial charge < -0.3 is 14.5 Å². The fourth-order valence-corrected chi connectivity index (χ4v) is 4.46. The number of fused-ring (bicyclic) bond motifs is 3. The quantitative estimate of drug-likeness (QED) is 0.197. The van der Waals surface area contributed by atoms with Crippen molar-refractivity contribution in [1.82, 2.24) is 9.55 Å². The van der Waals surface area contributed by atoms with Gasteiger partial charge in [-0.25, -0.2) is 9.78 Å². The van der Waals surface area contributed by atoms with Gasteiger partial charge in [0.15, 0.2) is 5.16 Å². The molecule has 0 atom stereocenters. The van der Waals surface area contributed by atoms with E-state index in [1.165, 1.54) is 11.8 Å². The van der Waals surface area contributed by atoms with Crippen LogP contribution in [-0.2, 0) is 16.1 Å². The SMILES string of the molecule is CCOC(=O)c1ccccc1NC(=O)CSc1nc2c(oc3ccccc32)c(=O)n1CCC(C)C. The Morgan fingerprint density at radius 3 is 2.66 bits per heavy atom. The Labute approximate surface area is 206 Å². The number of esters is 1. The van der Waals surface area contributed by atoms with E-state index in [-0.39, 0.29) is 35.0 Å². The summed E-state index contributed by atoms with van der Waals surface area (Å²) in [5.74, 6) is -0.438. The van der Waals surface area contributed by atoms with Crippen molar-refractivity contribution in [2.45, 2.75) is 38.9 Å². The van der Waals surface area contributed by atoms with Crippen LogP contribution in [0, 0.1) is 5.92 Å². The molecule has 4 aromatic rings. The number of furan rings is 1. The number of carbonyl (C=O) groups is 2. The lowest BCUT2D eigenvalue weighted by atomic mass is 10.1. The molecule has 0 fully saturated rings. The Morgan fingerprint density at radius 2 is 1.89 bits per heavy atom. The summed E-state index contributed by atoms with van der Waals surface area (Å²) in [5, 5.41) is 3.97. The van der Waals surface area contributed by atoms with Crippen LogP contribution >= 0.6 is 11.8 Å². The second kappa shape index (κ2) is 10.8. The van der Waals surface area contributed by atoms with Gasteiger partial charge in [0, 0.05) is 11.9 Å². The maximum absolute atomic E-state index is 13.3. The van der Waals surface area contributed by atoms with E-state index >= 15 is 0 Å². The first-order valence-electron chi connectivity index (χ1n) is 11.5. The first-order chi connectivity index (χ1) is 16.9. The standard InChI is InChI=1S/C26H27N3O5S/c1-4-33-25(32)17-9-5-7-11-19(17)27-21(30)15-35-26-28-22-18-10-6-8-12-20(18)34-23(22)24(31)29(26)14-13-16(2)3/h5-12,16H,4,13-15H2,1-3H3,(H,27,30). The highest BCUT2D eigenvalue weighted by molar-refractivity contribution is 7.99. The number of nitrogens with zero attached hydrogens (tertiary/aromatic N) is 2. The number of amides is 1. The highest BCUT2D eigenvalue weighted by atomic mass is 32.2. The number of ether oxygens (including phenoxy) is 1. The summed E-state index contributed by atoms with van der Waals surface area (Å²) in [6, 6.07) is 14.1. The molecule has 0 saturated carbocycles. The van der Waals surface area contributed by atoms with Crippen molar-refractivity contribution in [2.24, 2.45) is 5.92 Å². The molecular weight excluding hydrogens is 466 g/mol. The van der Waals surface area contributed by atoms with Gasteiger partial charge in [-0.2, -0.15) is 0 Å². The third kappa shape index (κ3) is 5.40. The molecule has 9 heteroatoms. The lowest BCUT2D eigenvalue weighted by Gasteiger charge is -2.13. The lowest BCUT2D eigenvalue weighted by Crippen LogP contribution is -2.24. The molecular formula is C26H27N3O5S. The molecule has 2 aromatic heterocycles. The zero-order valence-corrected chi connectivity index (χ0v) is 20.7. The van der Waals surface area contributed by atoms with Crippen LogP contribution in [0.5, 0.6) is 0 Å². The number of anilines is 1. The molecule has 0 saturated heterocycles. The lowest BCUT2D eigenvalue weighted by molar-refractivity contribution is -0.113. The normalized spacial score (nSPS) is 11.3. The molecule has 8 nitrogen and oxygen atoms in total. The van der Waals surface area contributed by atoms with Gasteiger partial charge in [0.05, 0.1) is 23.6 Å². The number of hydrogen-bond acceptors (Lipinski definition) is 7. The number of hydrogen-bond donors (Lipinski definition) is 1. The second-order valence-electron chi connectivity index (χ2n) is 8.41. The minimum Gasteiger partial charge on any atom is -0.462 e. The fourth-order valence-electron chi connectivity index (χ4n) is 3.64. The van der Waals surface area contributed by atoms with E-state index in [2.05, 4.69) is 19.2 Å². The molecule has 0 spiro atoms. The largest absolute Gasteiger partial charge is 0.462 e. The molecule has 35 heavy (non-hydrogen) atoms. The number of nitrogens with one attached hydrogen (secondary N) is 1. The first kappa shape index (κ1) is 24.5. The van der Waals surface area contributed by atoms with Gasteiger partial charge in [-0.3, -0.25) is 14.2 Å². The van der Waals surface area contributed by atoms with Gasteiger partial charge in [0.1, 0.15) is 11.1 Å². The summed E-state index contributed by atoms with van der Waals surface area (Å²) in [6.45, 7) is 6.59. The number of carbonyl (C=O) groups excluding carboxylic acids is 2.